The van der Waals surface area contributed by atoms with Gasteiger partial charge < -0.3 is 19.4 Å². The van der Waals surface area contributed by atoms with Gasteiger partial charge in [0.2, 0.25) is 5.82 Å². The van der Waals surface area contributed by atoms with Crippen molar-refractivity contribution in [1.82, 2.24) is 30.3 Å². The van der Waals surface area contributed by atoms with E-state index in [4.69, 9.17) is 9.15 Å². The monoisotopic (exact) mass is 569 g/mol. The number of guanidine groups is 1. The quantitative estimate of drug-likeness (QED) is 0.257. The largest absolute Gasteiger partial charge is 0.494 e. The number of aliphatic imine (C=N–C) groups is 1. The van der Waals surface area contributed by atoms with Gasteiger partial charge >= 0.3 is 0 Å². The Labute approximate surface area is 209 Å². The highest BCUT2D eigenvalue weighted by atomic mass is 127. The molecule has 1 saturated heterocycles. The van der Waals surface area contributed by atoms with Crippen molar-refractivity contribution < 1.29 is 13.5 Å². The van der Waals surface area contributed by atoms with Crippen molar-refractivity contribution in [3.63, 3.8) is 0 Å². The lowest BCUT2D eigenvalue weighted by molar-refractivity contribution is 0.172. The summed E-state index contributed by atoms with van der Waals surface area (Å²) in [7, 11) is 3.26. The number of hydrogen-bond donors (Lipinski definition) is 2. The highest BCUT2D eigenvalue weighted by Crippen LogP contribution is 2.19. The maximum atomic E-state index is 13.9. The van der Waals surface area contributed by atoms with Crippen LogP contribution in [0.5, 0.6) is 5.75 Å². The number of benzene rings is 1. The van der Waals surface area contributed by atoms with Crippen molar-refractivity contribution in [1.29, 1.82) is 0 Å². The molecule has 0 atom stereocenters. The molecule has 0 radical (unpaired) electrons. The molecular weight excluding hydrogens is 540 g/mol. The Morgan fingerprint density at radius 1 is 1.27 bits per heavy atom. The molecule has 1 aromatic carbocycles. The molecule has 2 aromatic heterocycles. The van der Waals surface area contributed by atoms with Gasteiger partial charge in [-0.1, -0.05) is 6.07 Å². The molecule has 9 nitrogen and oxygen atoms in total. The summed E-state index contributed by atoms with van der Waals surface area (Å²) in [4.78, 5) is 13.4. The first-order valence-electron chi connectivity index (χ1n) is 10.6. The minimum Gasteiger partial charge on any atom is -0.494 e. The zero-order valence-electron chi connectivity index (χ0n) is 18.8. The van der Waals surface area contributed by atoms with Crippen LogP contribution < -0.4 is 10.1 Å². The molecule has 178 valence electrons. The standard InChI is InChI=1S/C22H28FN7O2.HI/c1-24-22(25-8-7-20-26-21(28-27-20)19-4-3-13-32-19)30-11-9-29(10-12-30)15-16-5-6-18(31-2)17(23)14-16;/h3-6,13-14H,7-12,15H2,1-2H3,(H,24,25)(H,26,27,28);1H. The normalized spacial score (nSPS) is 14.8. The maximum Gasteiger partial charge on any atom is 0.216 e. The van der Waals surface area contributed by atoms with Crippen LogP contribution in [-0.2, 0) is 13.0 Å². The van der Waals surface area contributed by atoms with Crippen molar-refractivity contribution in [2.75, 3.05) is 46.9 Å². The van der Waals surface area contributed by atoms with E-state index in [9.17, 15) is 4.39 Å². The SMILES string of the molecule is CN=C(NCCc1nc(-c2ccco2)n[nH]1)N1CCN(Cc2ccc(OC)c(F)c2)CC1.I. The van der Waals surface area contributed by atoms with Crippen LogP contribution in [0.15, 0.2) is 46.0 Å². The average molecular weight is 569 g/mol. The van der Waals surface area contributed by atoms with Crippen LogP contribution in [0.3, 0.4) is 0 Å². The van der Waals surface area contributed by atoms with E-state index in [1.54, 1.807) is 25.4 Å². The Hall–Kier alpha value is -2.67. The lowest BCUT2D eigenvalue weighted by Gasteiger charge is -2.36. The van der Waals surface area contributed by atoms with Gasteiger partial charge in [0.25, 0.3) is 0 Å². The molecule has 4 rings (SSSR count). The van der Waals surface area contributed by atoms with Crippen LogP contribution >= 0.6 is 24.0 Å². The number of rotatable bonds is 7. The number of nitrogens with zero attached hydrogens (tertiary/aromatic N) is 5. The first-order chi connectivity index (χ1) is 15.7. The zero-order chi connectivity index (χ0) is 22.3. The molecule has 11 heteroatoms. The predicted molar refractivity (Wildman–Crippen MR) is 134 cm³/mol. The summed E-state index contributed by atoms with van der Waals surface area (Å²) in [5, 5.41) is 10.5. The summed E-state index contributed by atoms with van der Waals surface area (Å²) in [6, 6.07) is 8.78. The third-order valence-electron chi connectivity index (χ3n) is 5.42. The summed E-state index contributed by atoms with van der Waals surface area (Å²) in [6.07, 6.45) is 2.29. The molecule has 33 heavy (non-hydrogen) atoms. The zero-order valence-corrected chi connectivity index (χ0v) is 21.1. The van der Waals surface area contributed by atoms with Gasteiger partial charge in [-0.05, 0) is 29.8 Å². The van der Waals surface area contributed by atoms with Crippen molar-refractivity contribution in [2.24, 2.45) is 4.99 Å². The van der Waals surface area contributed by atoms with E-state index in [0.717, 1.165) is 43.5 Å². The Bertz CT molecular complexity index is 1030. The van der Waals surface area contributed by atoms with E-state index in [2.05, 4.69) is 35.3 Å². The number of halogens is 2. The number of aromatic amines is 1. The Morgan fingerprint density at radius 3 is 2.76 bits per heavy atom. The summed E-state index contributed by atoms with van der Waals surface area (Å²) in [5.41, 5.74) is 0.945. The third kappa shape index (κ3) is 6.44. The fraction of sp³-hybridized carbons (Fsp3) is 0.409. The number of piperazine rings is 1. The maximum absolute atomic E-state index is 13.9. The van der Waals surface area contributed by atoms with Gasteiger partial charge in [0.15, 0.2) is 23.3 Å². The molecule has 3 aromatic rings. The number of ether oxygens (including phenoxy) is 1. The number of furan rings is 1. The molecular formula is C22H29FIN7O2. The topological polar surface area (TPSA) is 94.8 Å². The Balaban J connectivity index is 0.00000306. The van der Waals surface area contributed by atoms with E-state index >= 15 is 0 Å². The van der Waals surface area contributed by atoms with E-state index in [1.165, 1.54) is 7.11 Å². The number of nitrogens with one attached hydrogen (secondary N) is 2. The predicted octanol–water partition coefficient (Wildman–Crippen LogP) is 2.77. The van der Waals surface area contributed by atoms with Crippen LogP contribution in [-0.4, -0.2) is 77.8 Å². The van der Waals surface area contributed by atoms with E-state index in [0.29, 0.717) is 31.1 Å². The second kappa shape index (κ2) is 12.0. The van der Waals surface area contributed by atoms with E-state index < -0.39 is 0 Å². The van der Waals surface area contributed by atoms with Gasteiger partial charge in [0.05, 0.1) is 13.4 Å². The van der Waals surface area contributed by atoms with E-state index in [1.807, 2.05) is 18.2 Å². The number of hydrogen-bond acceptors (Lipinski definition) is 6. The molecule has 0 spiro atoms. The van der Waals surface area contributed by atoms with Gasteiger partial charge in [-0.15, -0.1) is 24.0 Å². The van der Waals surface area contributed by atoms with Gasteiger partial charge in [-0.3, -0.25) is 15.0 Å². The first-order valence-corrected chi connectivity index (χ1v) is 10.6. The minimum atomic E-state index is -0.323. The molecule has 2 N–H and O–H groups in total. The van der Waals surface area contributed by atoms with Crippen LogP contribution in [0.4, 0.5) is 4.39 Å². The highest BCUT2D eigenvalue weighted by Gasteiger charge is 2.20. The molecule has 3 heterocycles. The second-order valence-corrected chi connectivity index (χ2v) is 7.54. The smallest absolute Gasteiger partial charge is 0.216 e. The third-order valence-corrected chi connectivity index (χ3v) is 5.42. The lowest BCUT2D eigenvalue weighted by atomic mass is 10.2. The summed E-state index contributed by atoms with van der Waals surface area (Å²) < 4.78 is 24.3. The van der Waals surface area contributed by atoms with Crippen molar-refractivity contribution in [3.05, 3.63) is 53.8 Å². The molecule has 1 aliphatic rings. The van der Waals surface area contributed by atoms with E-state index in [-0.39, 0.29) is 35.5 Å². The number of methoxy groups -OCH3 is 1. The van der Waals surface area contributed by atoms with Crippen molar-refractivity contribution in [2.45, 2.75) is 13.0 Å². The summed E-state index contributed by atoms with van der Waals surface area (Å²) in [6.45, 7) is 4.85. The fourth-order valence-corrected chi connectivity index (χ4v) is 3.73. The molecule has 0 unspecified atom stereocenters. The molecule has 1 aliphatic heterocycles. The van der Waals surface area contributed by atoms with Crippen LogP contribution in [0.25, 0.3) is 11.6 Å². The summed E-state index contributed by atoms with van der Waals surface area (Å²) >= 11 is 0. The van der Waals surface area contributed by atoms with Gasteiger partial charge in [0, 0.05) is 52.7 Å². The lowest BCUT2D eigenvalue weighted by Crippen LogP contribution is -2.52. The van der Waals surface area contributed by atoms with Crippen LogP contribution in [0.2, 0.25) is 0 Å². The Morgan fingerprint density at radius 2 is 2.09 bits per heavy atom. The minimum absolute atomic E-state index is 0. The number of aromatic nitrogens is 3. The molecule has 0 amide bonds. The fourth-order valence-electron chi connectivity index (χ4n) is 3.73. The molecule has 0 aliphatic carbocycles. The second-order valence-electron chi connectivity index (χ2n) is 7.54. The highest BCUT2D eigenvalue weighted by molar-refractivity contribution is 14.0. The van der Waals surface area contributed by atoms with Crippen molar-refractivity contribution >= 4 is 29.9 Å². The van der Waals surface area contributed by atoms with Crippen LogP contribution in [0, 0.1) is 5.82 Å². The van der Waals surface area contributed by atoms with Gasteiger partial charge in [-0.25, -0.2) is 9.37 Å². The molecule has 1 fully saturated rings. The molecule has 0 bridgehead atoms. The van der Waals surface area contributed by atoms with Crippen molar-refractivity contribution in [3.8, 4) is 17.3 Å². The van der Waals surface area contributed by atoms with Gasteiger partial charge in [0.1, 0.15) is 5.82 Å². The average Bonchev–Trinajstić information content (AvgIpc) is 3.50. The summed E-state index contributed by atoms with van der Waals surface area (Å²) in [5.74, 6) is 2.81. The van der Waals surface area contributed by atoms with Crippen LogP contribution in [0.1, 0.15) is 11.4 Å². The first kappa shape index (κ1) is 25.0. The molecule has 0 saturated carbocycles. The number of H-pyrrole nitrogens is 1. The van der Waals surface area contributed by atoms with Gasteiger partial charge in [-0.2, -0.15) is 5.10 Å². The Kier molecular flexibility index (Phi) is 9.06.